The Balaban J connectivity index is 1.93. The number of nitrogens with zero attached hydrogens (tertiary/aromatic N) is 2. The van der Waals surface area contributed by atoms with Gasteiger partial charge in [0.05, 0.1) is 0 Å². The fourth-order valence-electron chi connectivity index (χ4n) is 2.96. The number of hydrogen-bond donors (Lipinski definition) is 2. The van der Waals surface area contributed by atoms with Crippen LogP contribution < -0.4 is 15.5 Å². The highest BCUT2D eigenvalue weighted by Gasteiger charge is 2.19. The topological polar surface area (TPSA) is 64.7 Å². The molecule has 1 aromatic carbocycles. The maximum atomic E-state index is 12.2. The highest BCUT2D eigenvalue weighted by molar-refractivity contribution is 5.93. The Labute approximate surface area is 150 Å². The van der Waals surface area contributed by atoms with Crippen LogP contribution in [0, 0.1) is 5.92 Å². The molecular formula is C19H30N4O2. The number of nitrogens with one attached hydrogen (secondary N) is 2. The van der Waals surface area contributed by atoms with Crippen LogP contribution in [0.5, 0.6) is 0 Å². The number of carbonyl (C=O) groups is 2. The van der Waals surface area contributed by atoms with Gasteiger partial charge in [0, 0.05) is 38.1 Å². The van der Waals surface area contributed by atoms with Gasteiger partial charge in [-0.05, 0) is 50.8 Å². The zero-order chi connectivity index (χ0) is 18.4. The van der Waals surface area contributed by atoms with Gasteiger partial charge in [-0.25, -0.2) is 4.79 Å². The Bertz CT molecular complexity index is 597. The van der Waals surface area contributed by atoms with Gasteiger partial charge in [-0.2, -0.15) is 0 Å². The van der Waals surface area contributed by atoms with Crippen LogP contribution in [0.3, 0.4) is 0 Å². The maximum absolute atomic E-state index is 12.2. The summed E-state index contributed by atoms with van der Waals surface area (Å²) in [5, 5.41) is 5.52. The molecule has 1 atom stereocenters. The Hall–Kier alpha value is -2.24. The van der Waals surface area contributed by atoms with Gasteiger partial charge < -0.3 is 20.4 Å². The number of anilines is 2. The molecule has 0 saturated carbocycles. The van der Waals surface area contributed by atoms with E-state index in [4.69, 9.17) is 0 Å². The third-order valence-electron chi connectivity index (χ3n) is 4.82. The van der Waals surface area contributed by atoms with E-state index in [9.17, 15) is 9.59 Å². The van der Waals surface area contributed by atoms with Crippen LogP contribution >= 0.6 is 0 Å². The van der Waals surface area contributed by atoms with Crippen LogP contribution in [0.4, 0.5) is 16.2 Å². The van der Waals surface area contributed by atoms with Crippen LogP contribution in [-0.2, 0) is 4.79 Å². The molecule has 1 heterocycles. The van der Waals surface area contributed by atoms with Crippen LogP contribution in [-0.4, -0.2) is 49.6 Å². The predicted octanol–water partition coefficient (Wildman–Crippen LogP) is 2.91. The minimum atomic E-state index is -0.559. The minimum Gasteiger partial charge on any atom is -0.371 e. The quantitative estimate of drug-likeness (QED) is 0.861. The highest BCUT2D eigenvalue weighted by atomic mass is 16.2. The largest absolute Gasteiger partial charge is 0.371 e. The summed E-state index contributed by atoms with van der Waals surface area (Å²) in [6.07, 6.45) is 2.39. The van der Waals surface area contributed by atoms with Crippen molar-refractivity contribution in [1.82, 2.24) is 10.2 Å². The number of hydrogen-bond acceptors (Lipinski definition) is 3. The maximum Gasteiger partial charge on any atom is 0.319 e. The average Bonchev–Trinajstić information content (AvgIpc) is 2.61. The number of amides is 3. The van der Waals surface area contributed by atoms with Gasteiger partial charge in [0.15, 0.2) is 0 Å². The number of benzene rings is 1. The molecule has 2 rings (SSSR count). The van der Waals surface area contributed by atoms with Gasteiger partial charge >= 0.3 is 6.03 Å². The molecule has 1 aromatic rings. The second-order valence-corrected chi connectivity index (χ2v) is 6.89. The van der Waals surface area contributed by atoms with Crippen molar-refractivity contribution in [3.63, 3.8) is 0 Å². The van der Waals surface area contributed by atoms with E-state index >= 15 is 0 Å². The lowest BCUT2D eigenvalue weighted by atomic mass is 9.99. The lowest BCUT2D eigenvalue weighted by Gasteiger charge is -2.32. The van der Waals surface area contributed by atoms with Crippen LogP contribution in [0.15, 0.2) is 24.3 Å². The summed E-state index contributed by atoms with van der Waals surface area (Å²) in [4.78, 5) is 28.1. The van der Waals surface area contributed by atoms with E-state index in [0.717, 1.165) is 30.4 Å². The first-order valence-electron chi connectivity index (χ1n) is 9.08. The van der Waals surface area contributed by atoms with Crippen molar-refractivity contribution < 1.29 is 9.59 Å². The lowest BCUT2D eigenvalue weighted by molar-refractivity contribution is -0.131. The van der Waals surface area contributed by atoms with E-state index in [1.165, 1.54) is 12.8 Å². The van der Waals surface area contributed by atoms with Crippen molar-refractivity contribution in [3.05, 3.63) is 24.3 Å². The Morgan fingerprint density at radius 2 is 2.00 bits per heavy atom. The molecule has 25 heavy (non-hydrogen) atoms. The van der Waals surface area contributed by atoms with E-state index in [2.05, 4.69) is 28.5 Å². The van der Waals surface area contributed by atoms with Gasteiger partial charge in [-0.3, -0.25) is 4.79 Å². The molecule has 2 N–H and O–H groups in total. The van der Waals surface area contributed by atoms with Gasteiger partial charge in [-0.1, -0.05) is 13.0 Å². The van der Waals surface area contributed by atoms with Crippen molar-refractivity contribution in [3.8, 4) is 0 Å². The zero-order valence-corrected chi connectivity index (χ0v) is 15.7. The third-order valence-corrected chi connectivity index (χ3v) is 4.82. The molecule has 3 amide bonds. The molecule has 1 saturated heterocycles. The fourth-order valence-corrected chi connectivity index (χ4v) is 2.96. The van der Waals surface area contributed by atoms with Gasteiger partial charge in [0.1, 0.15) is 6.04 Å². The molecule has 0 spiro atoms. The van der Waals surface area contributed by atoms with Crippen molar-refractivity contribution >= 4 is 23.3 Å². The minimum absolute atomic E-state index is 0.103. The summed E-state index contributed by atoms with van der Waals surface area (Å²) in [5.74, 6) is 0.678. The summed E-state index contributed by atoms with van der Waals surface area (Å²) in [7, 11) is 1.72. The third kappa shape index (κ3) is 5.37. The first kappa shape index (κ1) is 19.1. The summed E-state index contributed by atoms with van der Waals surface area (Å²) in [6, 6.07) is 6.94. The second-order valence-electron chi connectivity index (χ2n) is 6.89. The molecule has 6 nitrogen and oxygen atoms in total. The van der Waals surface area contributed by atoms with Crippen molar-refractivity contribution in [1.29, 1.82) is 0 Å². The summed E-state index contributed by atoms with van der Waals surface area (Å²) >= 11 is 0. The van der Waals surface area contributed by atoms with E-state index in [0.29, 0.717) is 6.54 Å². The monoisotopic (exact) mass is 346 g/mol. The van der Waals surface area contributed by atoms with Crippen LogP contribution in [0.1, 0.15) is 33.6 Å². The molecule has 138 valence electrons. The molecule has 0 aromatic heterocycles. The SMILES string of the molecule is CCN(C)C(=O)[C@H](C)NC(=O)Nc1cccc(N2CCC(C)CC2)c1. The van der Waals surface area contributed by atoms with E-state index in [1.54, 1.807) is 18.9 Å². The number of likely N-dealkylation sites (N-methyl/N-ethyl adjacent to an activating group) is 1. The Morgan fingerprint density at radius 3 is 2.64 bits per heavy atom. The molecule has 0 bridgehead atoms. The number of piperidine rings is 1. The predicted molar refractivity (Wildman–Crippen MR) is 102 cm³/mol. The first-order valence-corrected chi connectivity index (χ1v) is 9.08. The van der Waals surface area contributed by atoms with Crippen LogP contribution in [0.2, 0.25) is 0 Å². The fraction of sp³-hybridized carbons (Fsp3) is 0.579. The molecule has 0 unspecified atom stereocenters. The van der Waals surface area contributed by atoms with Gasteiger partial charge in [-0.15, -0.1) is 0 Å². The van der Waals surface area contributed by atoms with E-state index in [-0.39, 0.29) is 11.9 Å². The van der Waals surface area contributed by atoms with Crippen LogP contribution in [0.25, 0.3) is 0 Å². The van der Waals surface area contributed by atoms with Crippen molar-refractivity contribution in [2.75, 3.05) is 36.9 Å². The summed E-state index contributed by atoms with van der Waals surface area (Å²) in [6.45, 7) is 8.59. The summed E-state index contributed by atoms with van der Waals surface area (Å²) < 4.78 is 0. The van der Waals surface area contributed by atoms with E-state index in [1.807, 2.05) is 25.1 Å². The van der Waals surface area contributed by atoms with Crippen molar-refractivity contribution in [2.45, 2.75) is 39.7 Å². The zero-order valence-electron chi connectivity index (χ0n) is 15.7. The van der Waals surface area contributed by atoms with Gasteiger partial charge in [0.2, 0.25) is 5.91 Å². The average molecular weight is 346 g/mol. The number of carbonyl (C=O) groups excluding carboxylic acids is 2. The lowest BCUT2D eigenvalue weighted by Crippen LogP contribution is -2.46. The van der Waals surface area contributed by atoms with Gasteiger partial charge in [0.25, 0.3) is 0 Å². The molecule has 6 heteroatoms. The summed E-state index contributed by atoms with van der Waals surface area (Å²) in [5.41, 5.74) is 1.86. The first-order chi connectivity index (χ1) is 11.9. The highest BCUT2D eigenvalue weighted by Crippen LogP contribution is 2.25. The molecule has 0 aliphatic carbocycles. The normalized spacial score (nSPS) is 16.2. The second kappa shape index (κ2) is 8.74. The Morgan fingerprint density at radius 1 is 1.32 bits per heavy atom. The standard InChI is InChI=1S/C19H30N4O2/c1-5-22(4)18(24)15(3)20-19(25)21-16-7-6-8-17(13-16)23-11-9-14(2)10-12-23/h6-8,13-15H,5,9-12H2,1-4H3,(H2,20,21,25)/t15-/m0/s1. The molecule has 1 aliphatic heterocycles. The molecule has 1 aliphatic rings. The molecule has 1 fully saturated rings. The van der Waals surface area contributed by atoms with Crippen molar-refractivity contribution in [2.24, 2.45) is 5.92 Å². The molecule has 0 radical (unpaired) electrons. The molecular weight excluding hydrogens is 316 g/mol. The van der Waals surface area contributed by atoms with E-state index < -0.39 is 6.04 Å². The number of urea groups is 1. The smallest absolute Gasteiger partial charge is 0.319 e. The Kier molecular flexibility index (Phi) is 6.67. The number of rotatable bonds is 5.